The molecular formula is C56H99NO14Si2. The molecule has 0 aromatic heterocycles. The summed E-state index contributed by atoms with van der Waals surface area (Å²) in [6, 6.07) is -1.15. The lowest BCUT2D eigenvalue weighted by Gasteiger charge is -2.47. The highest BCUT2D eigenvalue weighted by Gasteiger charge is 2.57. The molecule has 17 heteroatoms. The van der Waals surface area contributed by atoms with Gasteiger partial charge in [0.05, 0.1) is 43.2 Å². The number of ketones is 2. The standard InChI is InChI=1S/C56H99NO14Si2/c1-34-25-35(2)27-47(66-13)50-48(67-14)29-37(4)56(64,69-50)51(61)52(62)57-24-20-19-21-42(57)53(63)68-49(36(3)28-39-22-23-44(46(30-39)65-12)70-72(15,16)54(6,7)8)38(5)45(71-73(17,18)55(9,10)11)32-43(60)40(26-34)31-41(59)33-58/h26,28,35,37-42,44-50,58-59,64H,19-25,27,29-33H2,1-18H3/b34-26+,36-28+/t35-,37+,38+,39-,40-,41?,42-,44+,45-,46+,47-,48-,49+,50+,56+/m0/s1. The summed E-state index contributed by atoms with van der Waals surface area (Å²) in [5, 5.41) is 33.1. The van der Waals surface area contributed by atoms with E-state index in [1.165, 1.54) is 19.1 Å². The summed E-state index contributed by atoms with van der Waals surface area (Å²) in [5.41, 5.74) is 1.64. The van der Waals surface area contributed by atoms with E-state index in [2.05, 4.69) is 73.8 Å². The summed E-state index contributed by atoms with van der Waals surface area (Å²) in [4.78, 5) is 60.6. The summed E-state index contributed by atoms with van der Waals surface area (Å²) >= 11 is 0. The molecule has 1 amide bonds. The number of cyclic esters (lactones) is 1. The number of amides is 1. The Kier molecular flexibility index (Phi) is 22.6. The minimum absolute atomic E-state index is 0.00939. The highest BCUT2D eigenvalue weighted by Crippen LogP contribution is 2.44. The van der Waals surface area contributed by atoms with Crippen molar-refractivity contribution in [3.8, 4) is 0 Å². The van der Waals surface area contributed by atoms with Crippen molar-refractivity contribution in [1.29, 1.82) is 0 Å². The first-order valence-electron chi connectivity index (χ1n) is 27.3. The average molecular weight is 1070 g/mol. The third-order valence-electron chi connectivity index (χ3n) is 17.6. The van der Waals surface area contributed by atoms with Crippen LogP contribution >= 0.6 is 0 Å². The van der Waals surface area contributed by atoms with Crippen molar-refractivity contribution in [3.05, 3.63) is 23.3 Å². The molecule has 3 fully saturated rings. The van der Waals surface area contributed by atoms with E-state index in [1.54, 1.807) is 14.0 Å². The van der Waals surface area contributed by atoms with E-state index in [9.17, 15) is 24.9 Å². The number of Topliss-reactive ketones (excluding diaryl/α,β-unsaturated/α-hetero) is 2. The van der Waals surface area contributed by atoms with E-state index in [1.807, 2.05) is 33.8 Å². The highest BCUT2D eigenvalue weighted by molar-refractivity contribution is 6.74. The minimum atomic E-state index is -2.65. The zero-order valence-electron chi connectivity index (χ0n) is 48.2. The highest BCUT2D eigenvalue weighted by atomic mass is 28.4. The zero-order chi connectivity index (χ0) is 55.2. The van der Waals surface area contributed by atoms with Crippen LogP contribution in [0.2, 0.25) is 36.3 Å². The van der Waals surface area contributed by atoms with E-state index in [0.29, 0.717) is 32.1 Å². The summed E-state index contributed by atoms with van der Waals surface area (Å²) < 4.78 is 45.3. The molecule has 4 aliphatic rings. The largest absolute Gasteiger partial charge is 0.456 e. The molecule has 4 rings (SSSR count). The molecule has 15 nitrogen and oxygen atoms in total. The molecule has 0 aromatic rings. The maximum Gasteiger partial charge on any atom is 0.329 e. The Balaban J connectivity index is 1.91. The first-order valence-corrected chi connectivity index (χ1v) is 33.1. The van der Waals surface area contributed by atoms with Crippen molar-refractivity contribution in [3.63, 3.8) is 0 Å². The van der Waals surface area contributed by atoms with Gasteiger partial charge in [-0.15, -0.1) is 0 Å². The Morgan fingerprint density at radius 2 is 1.40 bits per heavy atom. The molecule has 1 aliphatic carbocycles. The van der Waals surface area contributed by atoms with Crippen LogP contribution in [0.1, 0.15) is 147 Å². The molecule has 73 heavy (non-hydrogen) atoms. The molecule has 3 N–H and O–H groups in total. The molecule has 2 saturated heterocycles. The number of esters is 1. The molecule has 15 atom stereocenters. The van der Waals surface area contributed by atoms with Gasteiger partial charge in [-0.25, -0.2) is 4.79 Å². The summed E-state index contributed by atoms with van der Waals surface area (Å²) in [6.07, 6.45) is 3.38. The number of aliphatic hydroxyl groups excluding tert-OH is 2. The maximum absolute atomic E-state index is 15.1. The second kappa shape index (κ2) is 26.0. The fourth-order valence-electron chi connectivity index (χ4n) is 11.0. The van der Waals surface area contributed by atoms with Crippen LogP contribution in [0.15, 0.2) is 23.3 Å². The monoisotopic (exact) mass is 1070 g/mol. The van der Waals surface area contributed by atoms with Crippen molar-refractivity contribution in [2.24, 2.45) is 29.6 Å². The molecule has 0 spiro atoms. The van der Waals surface area contributed by atoms with Crippen molar-refractivity contribution < 1.29 is 67.0 Å². The summed E-state index contributed by atoms with van der Waals surface area (Å²) in [7, 11) is 0.00811. The van der Waals surface area contributed by atoms with Crippen LogP contribution in [0.25, 0.3) is 0 Å². The number of hydrogen-bond acceptors (Lipinski definition) is 14. The minimum Gasteiger partial charge on any atom is -0.456 e. The molecule has 1 saturated carbocycles. The fraction of sp³-hybridized carbons (Fsp3) is 0.857. The van der Waals surface area contributed by atoms with Gasteiger partial charge in [-0.05, 0) is 132 Å². The Bertz CT molecular complexity index is 1930. The predicted molar refractivity (Wildman–Crippen MR) is 288 cm³/mol. The maximum atomic E-state index is 15.1. The topological polar surface area (TPSA) is 197 Å². The smallest absolute Gasteiger partial charge is 0.329 e. The predicted octanol–water partition coefficient (Wildman–Crippen LogP) is 8.87. The molecule has 0 radical (unpaired) electrons. The normalized spacial score (nSPS) is 36.1. The van der Waals surface area contributed by atoms with Gasteiger partial charge in [0.1, 0.15) is 24.0 Å². The first kappa shape index (κ1) is 63.4. The molecule has 3 aliphatic heterocycles. The van der Waals surface area contributed by atoms with Gasteiger partial charge in [0.25, 0.3) is 11.7 Å². The van der Waals surface area contributed by atoms with Gasteiger partial charge in [0.15, 0.2) is 16.6 Å². The summed E-state index contributed by atoms with van der Waals surface area (Å²) in [5.74, 6) is -7.90. The van der Waals surface area contributed by atoms with Gasteiger partial charge in [-0.2, -0.15) is 0 Å². The van der Waals surface area contributed by atoms with Crippen LogP contribution in [0.5, 0.6) is 0 Å². The van der Waals surface area contributed by atoms with E-state index >= 15 is 9.59 Å². The van der Waals surface area contributed by atoms with Gasteiger partial charge in [0, 0.05) is 52.0 Å². The number of piperidine rings is 1. The lowest BCUT2D eigenvalue weighted by atomic mass is 9.81. The van der Waals surface area contributed by atoms with Gasteiger partial charge in [-0.1, -0.05) is 80.0 Å². The number of rotatable bonds is 12. The van der Waals surface area contributed by atoms with Crippen LogP contribution < -0.4 is 0 Å². The van der Waals surface area contributed by atoms with Gasteiger partial charge in [0.2, 0.25) is 5.79 Å². The number of nitrogens with zero attached hydrogens (tertiary/aromatic N) is 1. The van der Waals surface area contributed by atoms with Crippen molar-refractivity contribution in [1.82, 2.24) is 4.90 Å². The molecule has 2 bridgehead atoms. The number of allylic oxidation sites excluding steroid dienone is 3. The second-order valence-corrected chi connectivity index (χ2v) is 35.0. The molecular weight excluding hydrogens is 967 g/mol. The molecule has 420 valence electrons. The fourth-order valence-corrected chi connectivity index (χ4v) is 13.8. The van der Waals surface area contributed by atoms with E-state index < -0.39 is 107 Å². The first-order chi connectivity index (χ1) is 33.7. The third-order valence-corrected chi connectivity index (χ3v) is 26.6. The Morgan fingerprint density at radius 3 is 1.96 bits per heavy atom. The number of carbonyl (C=O) groups excluding carboxylic acids is 4. The van der Waals surface area contributed by atoms with Gasteiger partial charge < -0.3 is 52.8 Å². The quantitative estimate of drug-likeness (QED) is 0.0725. The average Bonchev–Trinajstić information content (AvgIpc) is 3.31. The number of fused-ring (bicyclic) bond motifs is 3. The molecule has 1 unspecified atom stereocenters. The lowest BCUT2D eigenvalue weighted by Crippen LogP contribution is -2.64. The SMILES string of the molecule is CO[C@H]1C[C@@H](C)C/C(C)=C/[C@@H](CC(O)CO)C(=O)C[C@H](O[Si](C)(C)C(C)(C)C)[C@@H](C)[C@@H](/C(C)=C/[C@@H]2CC[C@@H](O[Si](C)(C)C(C)(C)C)[C@H](OC)C2)OC(=O)[C@@H]2CCCCN2C(=O)C(=O)[C@]2(O)O[C@H]1[C@@H](OC)C[C@H]2C. The Hall–Kier alpha value is -2.17. The summed E-state index contributed by atoms with van der Waals surface area (Å²) in [6.45, 7) is 30.9. The zero-order valence-corrected chi connectivity index (χ0v) is 50.2. The van der Waals surface area contributed by atoms with Crippen molar-refractivity contribution in [2.45, 2.75) is 244 Å². The Labute approximate surface area is 441 Å². The molecule has 0 aromatic carbocycles. The van der Waals surface area contributed by atoms with Crippen molar-refractivity contribution in [2.75, 3.05) is 34.5 Å². The molecule has 3 heterocycles. The third kappa shape index (κ3) is 15.8. The van der Waals surface area contributed by atoms with Crippen LogP contribution in [0.4, 0.5) is 0 Å². The van der Waals surface area contributed by atoms with Crippen LogP contribution in [0.3, 0.4) is 0 Å². The number of ether oxygens (including phenoxy) is 5. The van der Waals surface area contributed by atoms with Crippen LogP contribution in [-0.4, -0.2) is 155 Å². The van der Waals surface area contributed by atoms with Gasteiger partial charge in [-0.3, -0.25) is 14.4 Å². The van der Waals surface area contributed by atoms with Gasteiger partial charge >= 0.3 is 5.97 Å². The van der Waals surface area contributed by atoms with Crippen LogP contribution in [0, 0.1) is 29.6 Å². The number of hydrogen-bond donors (Lipinski definition) is 3. The Morgan fingerprint density at radius 1 is 0.822 bits per heavy atom. The van der Waals surface area contributed by atoms with E-state index in [4.69, 9.17) is 32.5 Å². The lowest BCUT2D eigenvalue weighted by molar-refractivity contribution is -0.302. The number of carbonyl (C=O) groups is 4. The van der Waals surface area contributed by atoms with Crippen LogP contribution in [-0.2, 0) is 51.7 Å². The van der Waals surface area contributed by atoms with Crippen molar-refractivity contribution >= 4 is 40.1 Å². The van der Waals surface area contributed by atoms with E-state index in [0.717, 1.165) is 24.0 Å². The second-order valence-electron chi connectivity index (χ2n) is 25.5. The van der Waals surface area contributed by atoms with E-state index in [-0.39, 0.29) is 72.1 Å². The number of methoxy groups -OCH3 is 3. The number of aliphatic hydroxyl groups is 3.